The number of nitriles is 1. The summed E-state index contributed by atoms with van der Waals surface area (Å²) < 4.78 is 24.9. The minimum atomic E-state index is -1.46. The second-order valence-electron chi connectivity index (χ2n) is 3.85. The van der Waals surface area contributed by atoms with Gasteiger partial charge in [0.25, 0.3) is 0 Å². The molecule has 0 aromatic heterocycles. The van der Waals surface area contributed by atoms with Crippen molar-refractivity contribution in [3.05, 3.63) is 35.1 Å². The van der Waals surface area contributed by atoms with Gasteiger partial charge in [0.05, 0.1) is 23.8 Å². The Balaban J connectivity index is 2.85. The molecule has 18 heavy (non-hydrogen) atoms. The first-order valence-electron chi connectivity index (χ1n) is 5.21. The number of aliphatic carboxylic acids is 1. The Bertz CT molecular complexity index is 525. The minimum Gasteiger partial charge on any atom is -0.481 e. The maximum absolute atomic E-state index is 13.0. The lowest BCUT2D eigenvalue weighted by Gasteiger charge is -2.10. The largest absolute Gasteiger partial charge is 0.481 e. The summed E-state index contributed by atoms with van der Waals surface area (Å²) in [5, 5.41) is 16.9. The smallest absolute Gasteiger partial charge is 0.304 e. The molecule has 0 saturated carbocycles. The van der Waals surface area contributed by atoms with E-state index in [1.807, 2.05) is 6.07 Å². The van der Waals surface area contributed by atoms with Gasteiger partial charge in [-0.25, -0.2) is 4.39 Å². The van der Waals surface area contributed by atoms with Crippen molar-refractivity contribution >= 4 is 16.8 Å². The summed E-state index contributed by atoms with van der Waals surface area (Å²) >= 11 is 0. The van der Waals surface area contributed by atoms with Crippen molar-refractivity contribution in [2.75, 3.05) is 0 Å². The van der Waals surface area contributed by atoms with Gasteiger partial charge in [0.15, 0.2) is 0 Å². The summed E-state index contributed by atoms with van der Waals surface area (Å²) in [6.07, 6.45) is -0.218. The van der Waals surface area contributed by atoms with Crippen LogP contribution in [0.4, 0.5) is 4.39 Å². The quantitative estimate of drug-likeness (QED) is 0.884. The van der Waals surface area contributed by atoms with Crippen LogP contribution in [0.15, 0.2) is 18.2 Å². The molecule has 0 saturated heterocycles. The molecule has 0 spiro atoms. The summed E-state index contributed by atoms with van der Waals surface area (Å²) in [5.74, 6) is -1.56. The fourth-order valence-electron chi connectivity index (χ4n) is 1.43. The van der Waals surface area contributed by atoms with Crippen LogP contribution in [0.25, 0.3) is 0 Å². The SMILES string of the molecule is CC(CC(=O)O)S(=O)Cc1cc(F)ccc1C#N. The van der Waals surface area contributed by atoms with Crippen molar-refractivity contribution in [1.29, 1.82) is 5.26 Å². The zero-order chi connectivity index (χ0) is 13.7. The zero-order valence-electron chi connectivity index (χ0n) is 9.72. The number of carboxylic acid groups (broad SMARTS) is 1. The van der Waals surface area contributed by atoms with Crippen molar-refractivity contribution in [1.82, 2.24) is 0 Å². The fourth-order valence-corrected chi connectivity index (χ4v) is 2.58. The highest BCUT2D eigenvalue weighted by Gasteiger charge is 2.17. The number of hydrogen-bond acceptors (Lipinski definition) is 3. The first-order valence-corrected chi connectivity index (χ1v) is 6.59. The van der Waals surface area contributed by atoms with E-state index in [0.717, 1.165) is 12.1 Å². The predicted octanol–water partition coefficient (Wildman–Crippen LogP) is 1.81. The van der Waals surface area contributed by atoms with Gasteiger partial charge < -0.3 is 5.11 Å². The number of halogens is 1. The Kier molecular flexibility index (Phi) is 4.98. The number of rotatable bonds is 5. The van der Waals surface area contributed by atoms with Gasteiger partial charge in [-0.2, -0.15) is 5.26 Å². The van der Waals surface area contributed by atoms with Crippen molar-refractivity contribution in [2.45, 2.75) is 24.3 Å². The molecule has 1 N–H and O–H groups in total. The summed E-state index contributed by atoms with van der Waals surface area (Å²) in [6, 6.07) is 5.53. The van der Waals surface area contributed by atoms with Crippen LogP contribution in [-0.2, 0) is 21.3 Å². The van der Waals surface area contributed by atoms with E-state index in [2.05, 4.69) is 0 Å². The van der Waals surface area contributed by atoms with Crippen LogP contribution in [0.2, 0.25) is 0 Å². The van der Waals surface area contributed by atoms with Crippen LogP contribution in [0.3, 0.4) is 0 Å². The van der Waals surface area contributed by atoms with Crippen molar-refractivity contribution < 1.29 is 18.5 Å². The normalized spacial score (nSPS) is 13.6. The Hall–Kier alpha value is -1.74. The Morgan fingerprint density at radius 1 is 1.61 bits per heavy atom. The molecule has 0 aliphatic carbocycles. The van der Waals surface area contributed by atoms with Gasteiger partial charge in [0, 0.05) is 16.0 Å². The molecule has 0 radical (unpaired) electrons. The van der Waals surface area contributed by atoms with Crippen LogP contribution < -0.4 is 0 Å². The lowest BCUT2D eigenvalue weighted by Crippen LogP contribution is -2.17. The van der Waals surface area contributed by atoms with Gasteiger partial charge in [0.2, 0.25) is 0 Å². The van der Waals surface area contributed by atoms with E-state index in [-0.39, 0.29) is 17.7 Å². The van der Waals surface area contributed by atoms with Crippen LogP contribution in [0.1, 0.15) is 24.5 Å². The molecule has 2 unspecified atom stereocenters. The van der Waals surface area contributed by atoms with Crippen LogP contribution in [0, 0.1) is 17.1 Å². The highest BCUT2D eigenvalue weighted by molar-refractivity contribution is 7.84. The van der Waals surface area contributed by atoms with Gasteiger partial charge in [-0.05, 0) is 23.8 Å². The van der Waals surface area contributed by atoms with Gasteiger partial charge in [0.1, 0.15) is 5.82 Å². The van der Waals surface area contributed by atoms with Crippen molar-refractivity contribution in [2.24, 2.45) is 0 Å². The van der Waals surface area contributed by atoms with Crippen molar-refractivity contribution in [3.63, 3.8) is 0 Å². The molecular formula is C12H12FNO3S. The highest BCUT2D eigenvalue weighted by atomic mass is 32.2. The third-order valence-corrected chi connectivity index (χ3v) is 4.06. The summed E-state index contributed by atoms with van der Waals surface area (Å²) in [5.41, 5.74) is 0.598. The topological polar surface area (TPSA) is 78.2 Å². The lowest BCUT2D eigenvalue weighted by molar-refractivity contribution is -0.136. The minimum absolute atomic E-state index is 0.0188. The molecule has 0 aliphatic rings. The van der Waals surface area contributed by atoms with E-state index in [1.54, 1.807) is 6.92 Å². The number of benzene rings is 1. The number of hydrogen-bond donors (Lipinski definition) is 1. The molecule has 0 heterocycles. The predicted molar refractivity (Wildman–Crippen MR) is 64.7 cm³/mol. The second-order valence-corrected chi connectivity index (χ2v) is 5.70. The number of carboxylic acids is 1. The standard InChI is InChI=1S/C12H12FNO3S/c1-8(4-12(15)16)18(17)7-10-5-11(13)3-2-9(10)6-14/h2-3,5,8H,4,7H2,1H3,(H,15,16). The molecule has 0 aliphatic heterocycles. The third kappa shape index (κ3) is 3.93. The van der Waals surface area contributed by atoms with E-state index in [4.69, 9.17) is 10.4 Å². The summed E-state index contributed by atoms with van der Waals surface area (Å²) in [6.45, 7) is 1.55. The zero-order valence-corrected chi connectivity index (χ0v) is 10.5. The van der Waals surface area contributed by atoms with E-state index >= 15 is 0 Å². The molecule has 96 valence electrons. The van der Waals surface area contributed by atoms with E-state index in [1.165, 1.54) is 6.07 Å². The first-order chi connectivity index (χ1) is 8.43. The van der Waals surface area contributed by atoms with E-state index < -0.39 is 27.8 Å². The Labute approximate surface area is 107 Å². The highest BCUT2D eigenvalue weighted by Crippen LogP contribution is 2.15. The van der Waals surface area contributed by atoms with Crippen LogP contribution in [0.5, 0.6) is 0 Å². The molecule has 2 atom stereocenters. The molecule has 0 bridgehead atoms. The Morgan fingerprint density at radius 2 is 2.28 bits per heavy atom. The average Bonchev–Trinajstić information content (AvgIpc) is 2.28. The van der Waals surface area contributed by atoms with Gasteiger partial charge in [-0.15, -0.1) is 0 Å². The Morgan fingerprint density at radius 3 is 2.83 bits per heavy atom. The second kappa shape index (κ2) is 6.26. The van der Waals surface area contributed by atoms with Crippen LogP contribution in [-0.4, -0.2) is 20.5 Å². The monoisotopic (exact) mass is 269 g/mol. The van der Waals surface area contributed by atoms with Gasteiger partial charge in [-0.3, -0.25) is 9.00 Å². The maximum atomic E-state index is 13.0. The summed E-state index contributed by atoms with van der Waals surface area (Å²) in [4.78, 5) is 10.5. The summed E-state index contributed by atoms with van der Waals surface area (Å²) in [7, 11) is -1.46. The van der Waals surface area contributed by atoms with Gasteiger partial charge in [-0.1, -0.05) is 6.92 Å². The first kappa shape index (κ1) is 14.3. The maximum Gasteiger partial charge on any atom is 0.304 e. The van der Waals surface area contributed by atoms with E-state index in [0.29, 0.717) is 5.56 Å². The molecule has 4 nitrogen and oxygen atoms in total. The third-order valence-electron chi connectivity index (χ3n) is 2.40. The van der Waals surface area contributed by atoms with Crippen molar-refractivity contribution in [3.8, 4) is 6.07 Å². The average molecular weight is 269 g/mol. The molecular weight excluding hydrogens is 257 g/mol. The van der Waals surface area contributed by atoms with Crippen LogP contribution >= 0.6 is 0 Å². The fraction of sp³-hybridized carbons (Fsp3) is 0.333. The molecule has 1 rings (SSSR count). The van der Waals surface area contributed by atoms with Gasteiger partial charge >= 0.3 is 5.97 Å². The molecule has 1 aromatic rings. The molecule has 0 amide bonds. The van der Waals surface area contributed by atoms with E-state index in [9.17, 15) is 13.4 Å². The number of carbonyl (C=O) groups is 1. The molecule has 6 heteroatoms. The number of nitrogens with zero attached hydrogens (tertiary/aromatic N) is 1. The molecule has 1 aromatic carbocycles. The lowest BCUT2D eigenvalue weighted by atomic mass is 10.1. The molecule has 0 fully saturated rings.